The van der Waals surface area contributed by atoms with Crippen molar-refractivity contribution in [3.05, 3.63) is 33.5 Å². The number of thiophene rings is 1. The Balaban J connectivity index is 0.000000606. The first kappa shape index (κ1) is 12.5. The Hall–Kier alpha value is -1.55. The summed E-state index contributed by atoms with van der Waals surface area (Å²) >= 11 is 1.23. The second kappa shape index (κ2) is 5.51. The summed E-state index contributed by atoms with van der Waals surface area (Å²) in [6.07, 6.45) is 8.40. The van der Waals surface area contributed by atoms with Gasteiger partial charge in [-0.05, 0) is 18.1 Å². The van der Waals surface area contributed by atoms with Gasteiger partial charge in [0.2, 0.25) is 0 Å². The Labute approximate surface area is 98.9 Å². The van der Waals surface area contributed by atoms with Gasteiger partial charge in [0.1, 0.15) is 4.88 Å². The normalized spacial score (nSPS) is 12.4. The Kier molecular flexibility index (Phi) is 4.31. The largest absolute Gasteiger partial charge is 0.477 e. The molecule has 0 radical (unpaired) electrons. The van der Waals surface area contributed by atoms with Crippen LogP contribution >= 0.6 is 11.3 Å². The lowest BCUT2D eigenvalue weighted by atomic mass is 10.1. The number of carbonyl (C=O) groups is 1. The number of nitrogens with two attached hydrogens (primary N) is 1. The second-order valence-electron chi connectivity index (χ2n) is 2.98. The van der Waals surface area contributed by atoms with E-state index in [9.17, 15) is 4.79 Å². The summed E-state index contributed by atoms with van der Waals surface area (Å²) in [5, 5.41) is 8.87. The van der Waals surface area contributed by atoms with Crippen molar-refractivity contribution in [2.75, 3.05) is 5.73 Å². The minimum atomic E-state index is -0.946. The van der Waals surface area contributed by atoms with Crippen LogP contribution in [-0.4, -0.2) is 11.1 Å². The molecule has 3 N–H and O–H groups in total. The Morgan fingerprint density at radius 3 is 2.75 bits per heavy atom. The number of allylic oxidation sites excluding steroid dienone is 3. The van der Waals surface area contributed by atoms with Crippen molar-refractivity contribution in [3.63, 3.8) is 0 Å². The number of nitrogen functional groups attached to an aromatic ring is 1. The van der Waals surface area contributed by atoms with Crippen LogP contribution in [0.3, 0.4) is 0 Å². The Morgan fingerprint density at radius 2 is 2.12 bits per heavy atom. The fourth-order valence-electron chi connectivity index (χ4n) is 1.41. The highest BCUT2D eigenvalue weighted by atomic mass is 32.1. The van der Waals surface area contributed by atoms with E-state index in [1.165, 1.54) is 11.3 Å². The van der Waals surface area contributed by atoms with Gasteiger partial charge in [0.25, 0.3) is 0 Å². The Morgan fingerprint density at radius 1 is 1.44 bits per heavy atom. The number of fused-ring (bicyclic) bond motifs is 1. The molecule has 0 saturated carbocycles. The minimum absolute atomic E-state index is 0.245. The molecule has 0 spiro atoms. The van der Waals surface area contributed by atoms with Crippen molar-refractivity contribution in [2.24, 2.45) is 0 Å². The number of hydrogen-bond donors (Lipinski definition) is 2. The molecule has 0 atom stereocenters. The fraction of sp³-hybridized carbons (Fsp3) is 0.250. The number of carboxylic acid groups (broad SMARTS) is 1. The first-order valence-electron chi connectivity index (χ1n) is 5.18. The number of rotatable bonds is 1. The lowest BCUT2D eigenvalue weighted by Crippen LogP contribution is -1.99. The molecule has 0 bridgehead atoms. The van der Waals surface area contributed by atoms with E-state index < -0.39 is 5.97 Å². The van der Waals surface area contributed by atoms with Crippen molar-refractivity contribution in [1.29, 1.82) is 0 Å². The van der Waals surface area contributed by atoms with Gasteiger partial charge in [0.15, 0.2) is 0 Å². The average molecular weight is 237 g/mol. The fourth-order valence-corrected chi connectivity index (χ4v) is 2.41. The van der Waals surface area contributed by atoms with Crippen LogP contribution in [0.4, 0.5) is 5.69 Å². The number of hydrogen-bond acceptors (Lipinski definition) is 3. The van der Waals surface area contributed by atoms with Crippen LogP contribution in [0.2, 0.25) is 0 Å². The van der Waals surface area contributed by atoms with Gasteiger partial charge in [-0.3, -0.25) is 0 Å². The zero-order chi connectivity index (χ0) is 12.1. The van der Waals surface area contributed by atoms with Gasteiger partial charge < -0.3 is 10.8 Å². The van der Waals surface area contributed by atoms with E-state index in [0.29, 0.717) is 12.1 Å². The molecule has 1 aromatic rings. The highest BCUT2D eigenvalue weighted by molar-refractivity contribution is 7.15. The monoisotopic (exact) mass is 237 g/mol. The third-order valence-electron chi connectivity index (χ3n) is 2.09. The van der Waals surface area contributed by atoms with E-state index in [4.69, 9.17) is 10.8 Å². The molecule has 1 aliphatic carbocycles. The third-order valence-corrected chi connectivity index (χ3v) is 3.29. The molecule has 1 aliphatic rings. The number of aromatic carboxylic acids is 1. The van der Waals surface area contributed by atoms with Crippen LogP contribution in [-0.2, 0) is 6.42 Å². The SMILES string of the molecule is CC.Nc1c(C(=O)O)sc2c1CC=CC=C2. The van der Waals surface area contributed by atoms with E-state index in [2.05, 4.69) is 0 Å². The molecular weight excluding hydrogens is 222 g/mol. The zero-order valence-electron chi connectivity index (χ0n) is 9.36. The van der Waals surface area contributed by atoms with Gasteiger partial charge in [0.05, 0.1) is 5.69 Å². The maximum Gasteiger partial charge on any atom is 0.348 e. The lowest BCUT2D eigenvalue weighted by Gasteiger charge is -1.96. The molecule has 86 valence electrons. The maximum atomic E-state index is 10.8. The van der Waals surface area contributed by atoms with Gasteiger partial charge >= 0.3 is 5.97 Å². The van der Waals surface area contributed by atoms with E-state index >= 15 is 0 Å². The molecule has 0 fully saturated rings. The number of anilines is 1. The molecule has 0 amide bonds. The number of carboxylic acids is 1. The van der Waals surface area contributed by atoms with Crippen molar-refractivity contribution < 1.29 is 9.90 Å². The zero-order valence-corrected chi connectivity index (χ0v) is 10.2. The van der Waals surface area contributed by atoms with Crippen molar-refractivity contribution in [1.82, 2.24) is 0 Å². The summed E-state index contributed by atoms with van der Waals surface area (Å²) in [5.74, 6) is -0.946. The molecule has 1 heterocycles. The van der Waals surface area contributed by atoms with Gasteiger partial charge in [-0.1, -0.05) is 32.1 Å². The molecule has 4 heteroatoms. The van der Waals surface area contributed by atoms with E-state index in [1.807, 2.05) is 38.2 Å². The molecule has 0 aromatic carbocycles. The molecule has 2 rings (SSSR count). The predicted molar refractivity (Wildman–Crippen MR) is 68.9 cm³/mol. The lowest BCUT2D eigenvalue weighted by molar-refractivity contribution is 0.0703. The smallest absolute Gasteiger partial charge is 0.348 e. The molecule has 0 aliphatic heterocycles. The van der Waals surface area contributed by atoms with Crippen molar-refractivity contribution in [2.45, 2.75) is 20.3 Å². The molecule has 16 heavy (non-hydrogen) atoms. The van der Waals surface area contributed by atoms with Crippen LogP contribution in [0.25, 0.3) is 6.08 Å². The molecule has 0 unspecified atom stereocenters. The quantitative estimate of drug-likeness (QED) is 0.788. The van der Waals surface area contributed by atoms with Gasteiger partial charge in [-0.25, -0.2) is 4.79 Å². The summed E-state index contributed by atoms with van der Waals surface area (Å²) in [6, 6.07) is 0. The summed E-state index contributed by atoms with van der Waals surface area (Å²) in [7, 11) is 0. The van der Waals surface area contributed by atoms with Crippen LogP contribution in [0.5, 0.6) is 0 Å². The second-order valence-corrected chi connectivity index (χ2v) is 4.04. The first-order chi connectivity index (χ1) is 7.70. The van der Waals surface area contributed by atoms with Gasteiger partial charge in [-0.2, -0.15) is 0 Å². The Bertz CT molecular complexity index is 444. The maximum absolute atomic E-state index is 10.8. The highest BCUT2D eigenvalue weighted by Crippen LogP contribution is 2.33. The van der Waals surface area contributed by atoms with Crippen LogP contribution in [0.15, 0.2) is 18.2 Å². The predicted octanol–water partition coefficient (Wildman–Crippen LogP) is 3.18. The van der Waals surface area contributed by atoms with Gasteiger partial charge in [-0.15, -0.1) is 11.3 Å². The van der Waals surface area contributed by atoms with Crippen LogP contribution < -0.4 is 5.73 Å². The summed E-state index contributed by atoms with van der Waals surface area (Å²) in [5.41, 5.74) is 7.10. The molecule has 3 nitrogen and oxygen atoms in total. The van der Waals surface area contributed by atoms with E-state index in [-0.39, 0.29) is 4.88 Å². The standard InChI is InChI=1S/C10H9NO2S.C2H6/c11-8-6-4-2-1-3-5-7(6)14-9(8)10(12)13;1-2/h1-3,5H,4,11H2,(H,12,13);1-2H3. The third kappa shape index (κ3) is 2.33. The van der Waals surface area contributed by atoms with Crippen LogP contribution in [0.1, 0.15) is 34.0 Å². The van der Waals surface area contributed by atoms with Crippen molar-refractivity contribution in [3.8, 4) is 0 Å². The highest BCUT2D eigenvalue weighted by Gasteiger charge is 2.18. The minimum Gasteiger partial charge on any atom is -0.477 e. The molecule has 1 aromatic heterocycles. The van der Waals surface area contributed by atoms with Gasteiger partial charge in [0, 0.05) is 4.88 Å². The molecular formula is C12H15NO2S. The first-order valence-corrected chi connectivity index (χ1v) is 5.99. The summed E-state index contributed by atoms with van der Waals surface area (Å²) in [6.45, 7) is 4.00. The van der Waals surface area contributed by atoms with E-state index in [0.717, 1.165) is 10.4 Å². The summed E-state index contributed by atoms with van der Waals surface area (Å²) in [4.78, 5) is 12.0. The molecule has 0 saturated heterocycles. The average Bonchev–Trinajstić information content (AvgIpc) is 2.49. The topological polar surface area (TPSA) is 63.3 Å². The van der Waals surface area contributed by atoms with Crippen LogP contribution in [0, 0.1) is 0 Å². The summed E-state index contributed by atoms with van der Waals surface area (Å²) < 4.78 is 0. The van der Waals surface area contributed by atoms with E-state index in [1.54, 1.807) is 0 Å². The van der Waals surface area contributed by atoms with Crippen molar-refractivity contribution >= 4 is 29.1 Å².